The molecule has 3 aromatic rings. The van der Waals surface area contributed by atoms with Crippen LogP contribution in [-0.2, 0) is 6.54 Å². The summed E-state index contributed by atoms with van der Waals surface area (Å²) in [6, 6.07) is 5.87. The molecule has 5 rings (SSSR count). The van der Waals surface area contributed by atoms with Crippen molar-refractivity contribution in [3.63, 3.8) is 0 Å². The lowest BCUT2D eigenvalue weighted by Crippen LogP contribution is -2.39. The van der Waals surface area contributed by atoms with Gasteiger partial charge in [0.25, 0.3) is 5.91 Å². The molecule has 3 heterocycles. The van der Waals surface area contributed by atoms with Crippen LogP contribution in [0.3, 0.4) is 0 Å². The topological polar surface area (TPSA) is 91.7 Å². The predicted molar refractivity (Wildman–Crippen MR) is 121 cm³/mol. The van der Waals surface area contributed by atoms with Crippen molar-refractivity contribution in [2.75, 3.05) is 13.1 Å². The number of aromatic nitrogens is 5. The molecule has 1 unspecified atom stereocenters. The summed E-state index contributed by atoms with van der Waals surface area (Å²) in [5.41, 5.74) is 2.17. The van der Waals surface area contributed by atoms with Crippen molar-refractivity contribution in [1.29, 1.82) is 0 Å². The molecule has 1 aliphatic heterocycles. The lowest BCUT2D eigenvalue weighted by atomic mass is 9.96. The van der Waals surface area contributed by atoms with Crippen molar-refractivity contribution in [2.24, 2.45) is 0 Å². The van der Waals surface area contributed by atoms with Crippen LogP contribution in [0.2, 0.25) is 0 Å². The molecule has 0 radical (unpaired) electrons. The van der Waals surface area contributed by atoms with Gasteiger partial charge in [-0.3, -0.25) is 14.5 Å². The zero-order valence-electron chi connectivity index (χ0n) is 17.8. The van der Waals surface area contributed by atoms with E-state index in [2.05, 4.69) is 15.2 Å². The maximum Gasteiger partial charge on any atom is 0.326 e. The molecule has 1 aliphatic carbocycles. The number of carbonyl (C=O) groups is 1. The molecule has 1 amide bonds. The number of nitrogens with zero attached hydrogens (tertiary/aromatic N) is 4. The van der Waals surface area contributed by atoms with E-state index >= 15 is 0 Å². The van der Waals surface area contributed by atoms with Crippen molar-refractivity contribution >= 4 is 29.2 Å². The second kappa shape index (κ2) is 8.11. The number of benzene rings is 1. The minimum absolute atomic E-state index is 0.00162. The number of imidazole rings is 1. The first-order chi connectivity index (χ1) is 15.1. The van der Waals surface area contributed by atoms with Gasteiger partial charge in [0.1, 0.15) is 5.82 Å². The molecule has 164 valence electrons. The summed E-state index contributed by atoms with van der Waals surface area (Å²) in [6.45, 7) is 4.16. The number of likely N-dealkylation sites (tertiary alicyclic amines) is 1. The largest absolute Gasteiger partial charge is 0.338 e. The van der Waals surface area contributed by atoms with E-state index in [1.807, 2.05) is 39.2 Å². The van der Waals surface area contributed by atoms with Crippen LogP contribution >= 0.6 is 12.2 Å². The molecule has 2 aliphatic rings. The summed E-state index contributed by atoms with van der Waals surface area (Å²) in [7, 11) is 0. The summed E-state index contributed by atoms with van der Waals surface area (Å²) >= 11 is 5.33. The van der Waals surface area contributed by atoms with Gasteiger partial charge in [0, 0.05) is 37.2 Å². The third-order valence-corrected chi connectivity index (χ3v) is 7.14. The van der Waals surface area contributed by atoms with Crippen LogP contribution in [0, 0.1) is 4.77 Å². The monoisotopic (exact) mass is 440 g/mol. The number of amides is 1. The van der Waals surface area contributed by atoms with Crippen molar-refractivity contribution in [2.45, 2.75) is 64.0 Å². The van der Waals surface area contributed by atoms with E-state index in [0.29, 0.717) is 16.9 Å². The highest BCUT2D eigenvalue weighted by Gasteiger charge is 2.29. The lowest BCUT2D eigenvalue weighted by molar-refractivity contribution is 0.0703. The third kappa shape index (κ3) is 3.54. The number of aromatic amines is 2. The number of piperidine rings is 1. The van der Waals surface area contributed by atoms with Gasteiger partial charge < -0.3 is 14.5 Å². The first-order valence-electron chi connectivity index (χ1n) is 11.3. The molecule has 2 fully saturated rings. The van der Waals surface area contributed by atoms with E-state index in [1.165, 1.54) is 0 Å². The summed E-state index contributed by atoms with van der Waals surface area (Å²) in [6.07, 6.45) is 6.32. The Hall–Kier alpha value is -2.68. The first kappa shape index (κ1) is 20.2. The molecular formula is C22H28N6O2S. The van der Waals surface area contributed by atoms with Crippen LogP contribution in [0.4, 0.5) is 0 Å². The minimum atomic E-state index is -0.0769. The molecule has 1 saturated carbocycles. The van der Waals surface area contributed by atoms with E-state index in [-0.39, 0.29) is 23.6 Å². The van der Waals surface area contributed by atoms with Gasteiger partial charge in [-0.2, -0.15) is 5.10 Å². The Morgan fingerprint density at radius 3 is 2.81 bits per heavy atom. The van der Waals surface area contributed by atoms with E-state index in [1.54, 1.807) is 0 Å². The van der Waals surface area contributed by atoms with Gasteiger partial charge in [0.05, 0.1) is 11.0 Å². The van der Waals surface area contributed by atoms with Crippen LogP contribution in [-0.4, -0.2) is 48.2 Å². The fourth-order valence-electron chi connectivity index (χ4n) is 5.29. The predicted octanol–water partition coefficient (Wildman–Crippen LogP) is 3.74. The Morgan fingerprint density at radius 1 is 1.23 bits per heavy atom. The summed E-state index contributed by atoms with van der Waals surface area (Å²) < 4.78 is 4.51. The normalized spacial score (nSPS) is 20.0. The zero-order valence-corrected chi connectivity index (χ0v) is 18.6. The van der Waals surface area contributed by atoms with Gasteiger partial charge >= 0.3 is 5.69 Å². The second-order valence-corrected chi connectivity index (χ2v) is 9.08. The average Bonchev–Trinajstić information content (AvgIpc) is 3.50. The van der Waals surface area contributed by atoms with E-state index in [4.69, 9.17) is 12.2 Å². The van der Waals surface area contributed by atoms with Gasteiger partial charge in [-0.1, -0.05) is 12.8 Å². The molecule has 1 aromatic carbocycles. The maximum absolute atomic E-state index is 13.3. The van der Waals surface area contributed by atoms with E-state index < -0.39 is 0 Å². The Balaban J connectivity index is 1.40. The minimum Gasteiger partial charge on any atom is -0.338 e. The van der Waals surface area contributed by atoms with Crippen LogP contribution in [0.5, 0.6) is 0 Å². The van der Waals surface area contributed by atoms with Gasteiger partial charge in [-0.05, 0) is 63.0 Å². The molecule has 1 atom stereocenters. The summed E-state index contributed by atoms with van der Waals surface area (Å²) in [5, 5.41) is 7.32. The van der Waals surface area contributed by atoms with Crippen molar-refractivity contribution in [1.82, 2.24) is 29.2 Å². The Bertz CT molecular complexity index is 1230. The van der Waals surface area contributed by atoms with E-state index in [9.17, 15) is 9.59 Å². The molecule has 1 saturated heterocycles. The Kier molecular flexibility index (Phi) is 5.29. The van der Waals surface area contributed by atoms with Crippen LogP contribution in [0.1, 0.15) is 73.6 Å². The molecule has 2 aromatic heterocycles. The van der Waals surface area contributed by atoms with Crippen LogP contribution in [0.15, 0.2) is 23.0 Å². The number of nitrogens with one attached hydrogen (secondary N) is 2. The zero-order chi connectivity index (χ0) is 21.5. The smallest absolute Gasteiger partial charge is 0.326 e. The summed E-state index contributed by atoms with van der Waals surface area (Å²) in [4.78, 5) is 30.7. The van der Waals surface area contributed by atoms with Crippen molar-refractivity contribution in [3.8, 4) is 0 Å². The van der Waals surface area contributed by atoms with E-state index in [0.717, 1.165) is 68.5 Å². The van der Waals surface area contributed by atoms with Crippen LogP contribution in [0.25, 0.3) is 11.0 Å². The number of fused-ring (bicyclic) bond motifs is 1. The molecule has 31 heavy (non-hydrogen) atoms. The molecule has 8 nitrogen and oxygen atoms in total. The SMILES string of the molecule is CCn1c(C2CCCN(C(=O)c3ccc4c(c3)[nH]c(=O)n4C3CCCC3)C2)n[nH]c1=S. The highest BCUT2D eigenvalue weighted by molar-refractivity contribution is 7.71. The summed E-state index contributed by atoms with van der Waals surface area (Å²) in [5.74, 6) is 1.09. The lowest BCUT2D eigenvalue weighted by Gasteiger charge is -2.32. The highest BCUT2D eigenvalue weighted by atomic mass is 32.1. The first-order valence-corrected chi connectivity index (χ1v) is 11.7. The fourth-order valence-corrected chi connectivity index (χ4v) is 5.56. The van der Waals surface area contributed by atoms with Gasteiger partial charge in [-0.25, -0.2) is 4.79 Å². The van der Waals surface area contributed by atoms with Crippen molar-refractivity contribution in [3.05, 3.63) is 44.8 Å². The highest BCUT2D eigenvalue weighted by Crippen LogP contribution is 2.31. The molecule has 0 spiro atoms. The number of H-pyrrole nitrogens is 2. The Morgan fingerprint density at radius 2 is 2.03 bits per heavy atom. The quantitative estimate of drug-likeness (QED) is 0.605. The third-order valence-electron chi connectivity index (χ3n) is 6.83. The average molecular weight is 441 g/mol. The molecule has 0 bridgehead atoms. The maximum atomic E-state index is 13.3. The molecule has 9 heteroatoms. The van der Waals surface area contributed by atoms with Gasteiger partial charge in [-0.15, -0.1) is 0 Å². The number of rotatable bonds is 4. The fraction of sp³-hybridized carbons (Fsp3) is 0.545. The number of hydrogen-bond donors (Lipinski definition) is 2. The number of carbonyl (C=O) groups excluding carboxylic acids is 1. The second-order valence-electron chi connectivity index (χ2n) is 8.69. The van der Waals surface area contributed by atoms with Gasteiger partial charge in [0.2, 0.25) is 0 Å². The standard InChI is InChI=1S/C22H28N6O2S/c1-2-27-19(24-25-22(27)31)15-6-5-11-26(13-15)20(29)14-9-10-18-17(12-14)23-21(30)28(18)16-7-3-4-8-16/h9-10,12,15-16H,2-8,11,13H2,1H3,(H,23,30)(H,25,31). The molecule has 2 N–H and O–H groups in total. The van der Waals surface area contributed by atoms with Crippen molar-refractivity contribution < 1.29 is 4.79 Å². The van der Waals surface area contributed by atoms with Gasteiger partial charge in [0.15, 0.2) is 4.77 Å². The van der Waals surface area contributed by atoms with Crippen LogP contribution < -0.4 is 5.69 Å². The molecular weight excluding hydrogens is 412 g/mol. The number of hydrogen-bond acceptors (Lipinski definition) is 4. The Labute approximate surface area is 185 Å².